The average molecular weight is 269 g/mol. The fourth-order valence-corrected chi connectivity index (χ4v) is 2.71. The molecule has 0 aliphatic carbocycles. The lowest BCUT2D eigenvalue weighted by molar-refractivity contribution is 0.00364. The third-order valence-corrected chi connectivity index (χ3v) is 3.69. The van der Waals surface area contributed by atoms with Crippen LogP contribution in [-0.4, -0.2) is 30.7 Å². The van der Waals surface area contributed by atoms with Crippen LogP contribution >= 0.6 is 11.6 Å². The largest absolute Gasteiger partial charge is 0.399 e. The summed E-state index contributed by atoms with van der Waals surface area (Å²) in [6.45, 7) is 5.83. The Kier molecular flexibility index (Phi) is 4.87. The second kappa shape index (κ2) is 6.41. The van der Waals surface area contributed by atoms with Gasteiger partial charge in [0.15, 0.2) is 0 Å². The van der Waals surface area contributed by atoms with Crippen molar-refractivity contribution in [2.24, 2.45) is 0 Å². The molecular formula is C14H21ClN2O. The first-order chi connectivity index (χ1) is 8.69. The minimum absolute atomic E-state index is 0.372. The van der Waals surface area contributed by atoms with Crippen molar-refractivity contribution in [3.63, 3.8) is 0 Å². The van der Waals surface area contributed by atoms with Gasteiger partial charge in [-0.15, -0.1) is 0 Å². The fraction of sp³-hybridized carbons (Fsp3) is 0.571. The highest BCUT2D eigenvalue weighted by Crippen LogP contribution is 2.22. The summed E-state index contributed by atoms with van der Waals surface area (Å²) in [6.07, 6.45) is 2.73. The van der Waals surface area contributed by atoms with Crippen LogP contribution in [0.2, 0.25) is 5.02 Å². The average Bonchev–Trinajstić information content (AvgIpc) is 2.34. The van der Waals surface area contributed by atoms with Crippen LogP contribution in [0.3, 0.4) is 0 Å². The third kappa shape index (κ3) is 3.61. The number of likely N-dealkylation sites (tertiary alicyclic amines) is 1. The number of nitrogens with two attached hydrogens (primary N) is 1. The van der Waals surface area contributed by atoms with Crippen molar-refractivity contribution in [1.29, 1.82) is 0 Å². The molecular weight excluding hydrogens is 248 g/mol. The lowest BCUT2D eigenvalue weighted by Gasteiger charge is -2.32. The van der Waals surface area contributed by atoms with Gasteiger partial charge in [0.1, 0.15) is 0 Å². The van der Waals surface area contributed by atoms with Gasteiger partial charge in [0, 0.05) is 30.4 Å². The summed E-state index contributed by atoms with van der Waals surface area (Å²) < 4.78 is 5.71. The Bertz CT molecular complexity index is 395. The summed E-state index contributed by atoms with van der Waals surface area (Å²) in [4.78, 5) is 2.40. The van der Waals surface area contributed by atoms with E-state index < -0.39 is 0 Å². The number of nitrogens with zero attached hydrogens (tertiary/aromatic N) is 1. The Hall–Kier alpha value is -0.770. The molecule has 0 radical (unpaired) electrons. The van der Waals surface area contributed by atoms with Gasteiger partial charge in [-0.05, 0) is 44.0 Å². The second-order valence-electron chi connectivity index (χ2n) is 4.81. The maximum atomic E-state index is 6.21. The molecule has 1 unspecified atom stereocenters. The van der Waals surface area contributed by atoms with Gasteiger partial charge >= 0.3 is 0 Å². The molecule has 1 aromatic rings. The van der Waals surface area contributed by atoms with Crippen molar-refractivity contribution >= 4 is 17.3 Å². The van der Waals surface area contributed by atoms with Crippen LogP contribution in [0.1, 0.15) is 25.3 Å². The van der Waals surface area contributed by atoms with Crippen LogP contribution in [0.15, 0.2) is 18.2 Å². The van der Waals surface area contributed by atoms with E-state index >= 15 is 0 Å². The number of benzene rings is 1. The lowest BCUT2D eigenvalue weighted by atomic mass is 10.1. The molecule has 18 heavy (non-hydrogen) atoms. The Labute approximate surface area is 114 Å². The van der Waals surface area contributed by atoms with Crippen molar-refractivity contribution in [2.75, 3.05) is 25.4 Å². The molecule has 0 saturated carbocycles. The topological polar surface area (TPSA) is 38.5 Å². The molecule has 1 atom stereocenters. The van der Waals surface area contributed by atoms with Crippen LogP contribution in [0.5, 0.6) is 0 Å². The van der Waals surface area contributed by atoms with E-state index in [1.165, 1.54) is 12.8 Å². The summed E-state index contributed by atoms with van der Waals surface area (Å²) in [7, 11) is 0. The first-order valence-electron chi connectivity index (χ1n) is 6.57. The van der Waals surface area contributed by atoms with Gasteiger partial charge in [-0.1, -0.05) is 17.7 Å². The Balaban J connectivity index is 1.96. The van der Waals surface area contributed by atoms with Gasteiger partial charge in [-0.2, -0.15) is 0 Å². The van der Waals surface area contributed by atoms with Crippen molar-refractivity contribution in [3.8, 4) is 0 Å². The molecule has 0 amide bonds. The smallest absolute Gasteiger partial charge is 0.0702 e. The van der Waals surface area contributed by atoms with Crippen LogP contribution in [0.25, 0.3) is 0 Å². The number of anilines is 1. The van der Waals surface area contributed by atoms with E-state index in [4.69, 9.17) is 22.1 Å². The monoisotopic (exact) mass is 268 g/mol. The first-order valence-corrected chi connectivity index (χ1v) is 6.94. The highest BCUT2D eigenvalue weighted by Gasteiger charge is 2.20. The Morgan fingerprint density at radius 3 is 3.06 bits per heavy atom. The van der Waals surface area contributed by atoms with Crippen LogP contribution in [0, 0.1) is 0 Å². The minimum Gasteiger partial charge on any atom is -0.399 e. The van der Waals surface area contributed by atoms with Gasteiger partial charge in [0.25, 0.3) is 0 Å². The molecule has 4 heteroatoms. The third-order valence-electron chi connectivity index (χ3n) is 3.34. The van der Waals surface area contributed by atoms with E-state index in [0.717, 1.165) is 42.5 Å². The SMILES string of the molecule is CCOC1CCCN(Cc2ccc(N)cc2Cl)C1. The fourth-order valence-electron chi connectivity index (χ4n) is 2.46. The van der Waals surface area contributed by atoms with Crippen molar-refractivity contribution in [3.05, 3.63) is 28.8 Å². The highest BCUT2D eigenvalue weighted by atomic mass is 35.5. The molecule has 100 valence electrons. The Morgan fingerprint density at radius 1 is 1.50 bits per heavy atom. The van der Waals surface area contributed by atoms with E-state index in [1.807, 2.05) is 18.2 Å². The van der Waals surface area contributed by atoms with E-state index in [0.29, 0.717) is 6.10 Å². The van der Waals surface area contributed by atoms with E-state index in [9.17, 15) is 0 Å². The maximum absolute atomic E-state index is 6.21. The molecule has 1 aliphatic heterocycles. The molecule has 1 aromatic carbocycles. The molecule has 2 N–H and O–H groups in total. The van der Waals surface area contributed by atoms with Gasteiger partial charge in [-0.3, -0.25) is 4.90 Å². The summed E-state index contributed by atoms with van der Waals surface area (Å²) in [5.41, 5.74) is 7.56. The van der Waals surface area contributed by atoms with Gasteiger partial charge < -0.3 is 10.5 Å². The number of ether oxygens (including phenoxy) is 1. The zero-order valence-electron chi connectivity index (χ0n) is 10.9. The first kappa shape index (κ1) is 13.7. The van der Waals surface area contributed by atoms with E-state index in [-0.39, 0.29) is 0 Å². The molecule has 1 fully saturated rings. The number of rotatable bonds is 4. The number of hydrogen-bond donors (Lipinski definition) is 1. The molecule has 1 saturated heterocycles. The lowest BCUT2D eigenvalue weighted by Crippen LogP contribution is -2.39. The molecule has 1 heterocycles. The van der Waals surface area contributed by atoms with E-state index in [2.05, 4.69) is 11.8 Å². The molecule has 3 nitrogen and oxygen atoms in total. The summed E-state index contributed by atoms with van der Waals surface area (Å²) in [5, 5.41) is 0.758. The number of hydrogen-bond acceptors (Lipinski definition) is 3. The van der Waals surface area contributed by atoms with Crippen LogP contribution < -0.4 is 5.73 Å². The van der Waals surface area contributed by atoms with E-state index in [1.54, 1.807) is 0 Å². The summed E-state index contributed by atoms with van der Waals surface area (Å²) in [5.74, 6) is 0. The summed E-state index contributed by atoms with van der Waals surface area (Å²) >= 11 is 6.21. The van der Waals surface area contributed by atoms with Gasteiger partial charge in [-0.25, -0.2) is 0 Å². The van der Waals surface area contributed by atoms with Crippen molar-refractivity contribution < 1.29 is 4.74 Å². The zero-order chi connectivity index (χ0) is 13.0. The number of nitrogen functional groups attached to an aromatic ring is 1. The normalized spacial score (nSPS) is 21.1. The van der Waals surface area contributed by atoms with Crippen molar-refractivity contribution in [1.82, 2.24) is 4.90 Å². The molecule has 0 bridgehead atoms. The van der Waals surface area contributed by atoms with Crippen molar-refractivity contribution in [2.45, 2.75) is 32.4 Å². The summed E-state index contributed by atoms with van der Waals surface area (Å²) in [6, 6.07) is 5.74. The van der Waals surface area contributed by atoms with Gasteiger partial charge in [0.05, 0.1) is 6.10 Å². The number of halogens is 1. The molecule has 0 spiro atoms. The van der Waals surface area contributed by atoms with Gasteiger partial charge in [0.2, 0.25) is 0 Å². The molecule has 1 aliphatic rings. The second-order valence-corrected chi connectivity index (χ2v) is 5.21. The predicted molar refractivity (Wildman–Crippen MR) is 75.8 cm³/mol. The molecule has 0 aromatic heterocycles. The Morgan fingerprint density at radius 2 is 2.33 bits per heavy atom. The predicted octanol–water partition coefficient (Wildman–Crippen LogP) is 2.92. The highest BCUT2D eigenvalue weighted by molar-refractivity contribution is 6.31. The number of piperidine rings is 1. The van der Waals surface area contributed by atoms with Crippen LogP contribution in [0.4, 0.5) is 5.69 Å². The quantitative estimate of drug-likeness (QED) is 0.854. The zero-order valence-corrected chi connectivity index (χ0v) is 11.6. The minimum atomic E-state index is 0.372. The standard InChI is InChI=1S/C14H21ClN2O/c1-2-18-13-4-3-7-17(10-13)9-11-5-6-12(16)8-14(11)15/h5-6,8,13H,2-4,7,9-10,16H2,1H3. The maximum Gasteiger partial charge on any atom is 0.0702 e. The van der Waals surface area contributed by atoms with Crippen LogP contribution in [-0.2, 0) is 11.3 Å². The molecule has 2 rings (SSSR count).